The van der Waals surface area contributed by atoms with Crippen molar-refractivity contribution in [2.24, 2.45) is 0 Å². The molecule has 44 valence electrons. The quantitative estimate of drug-likeness (QED) is 0.548. The summed E-state index contributed by atoms with van der Waals surface area (Å²) in [5.74, 6) is 0. The molecule has 2 heterocycles. The first-order valence-corrected chi connectivity index (χ1v) is 2.48. The molecule has 0 unspecified atom stereocenters. The van der Waals surface area contributed by atoms with Crippen LogP contribution in [0.15, 0.2) is 18.8 Å². The van der Waals surface area contributed by atoms with Crippen LogP contribution in [0.5, 0.6) is 0 Å². The van der Waals surface area contributed by atoms with E-state index in [0.717, 1.165) is 0 Å². The first-order chi connectivity index (χ1) is 4.86. The summed E-state index contributed by atoms with van der Waals surface area (Å²) in [6, 6.07) is 0. The maximum Gasteiger partial charge on any atom is 0.180 e. The molecule has 0 fully saturated rings. The second-order valence-corrected chi connectivity index (χ2v) is 1.61. The van der Waals surface area contributed by atoms with Gasteiger partial charge in [-0.05, 0) is 0 Å². The highest BCUT2D eigenvalue weighted by Crippen LogP contribution is 1.99. The van der Waals surface area contributed by atoms with E-state index >= 15 is 0 Å². The molecule has 0 aromatic carbocycles. The predicted octanol–water partition coefficient (Wildman–Crippen LogP) is 0.353. The molecule has 0 bridgehead atoms. The lowest BCUT2D eigenvalue weighted by Crippen LogP contribution is -1.76. The number of H-pyrrole nitrogens is 1. The first-order valence-electron chi connectivity index (χ1n) is 2.98. The van der Waals surface area contributed by atoms with Crippen LogP contribution in [0.4, 0.5) is 0 Å². The second kappa shape index (κ2) is 1.51. The zero-order valence-corrected chi connectivity index (χ0v) is 4.50. The first kappa shape index (κ1) is 3.55. The average molecular weight is 122 g/mol. The third-order valence-electron chi connectivity index (χ3n) is 1.04. The van der Waals surface area contributed by atoms with E-state index in [4.69, 9.17) is 1.37 Å². The van der Waals surface area contributed by atoms with Gasteiger partial charge in [-0.25, -0.2) is 15.0 Å². The molecule has 2 aromatic rings. The number of hydrogen-bond acceptors (Lipinski definition) is 3. The molecular weight excluding hydrogens is 116 g/mol. The Hall–Kier alpha value is -1.45. The van der Waals surface area contributed by atoms with E-state index in [0.29, 0.717) is 11.2 Å². The van der Waals surface area contributed by atoms with E-state index in [1.165, 1.54) is 6.33 Å². The van der Waals surface area contributed by atoms with Crippen molar-refractivity contribution in [3.8, 4) is 0 Å². The number of hydrogen-bond donors (Lipinski definition) is 1. The zero-order valence-electron chi connectivity index (χ0n) is 5.50. The molecule has 4 nitrogen and oxygen atoms in total. The van der Waals surface area contributed by atoms with Gasteiger partial charge in [0.1, 0.15) is 13.2 Å². The molecule has 0 spiro atoms. The van der Waals surface area contributed by atoms with Gasteiger partial charge in [-0.2, -0.15) is 0 Å². The van der Waals surface area contributed by atoms with Crippen LogP contribution in [0, 0.1) is 0 Å². The van der Waals surface area contributed by atoms with Crippen molar-refractivity contribution >= 4 is 11.2 Å². The Bertz CT molecular complexity index is 322. The van der Waals surface area contributed by atoms with E-state index in [1.807, 2.05) is 0 Å². The van der Waals surface area contributed by atoms with Crippen LogP contribution in [0.2, 0.25) is 0 Å². The van der Waals surface area contributed by atoms with E-state index in [1.54, 1.807) is 6.20 Å². The summed E-state index contributed by atoms with van der Waals surface area (Å²) >= 11 is 0. The van der Waals surface area contributed by atoms with Gasteiger partial charge in [-0.3, -0.25) is 0 Å². The standard InChI is InChI=1S/C5H4N4/c1-4-5(8-2-6-1)9-3-7-4/h1-3H,(H,6,7,8,9)/i3T. The molecule has 0 radical (unpaired) electrons. The predicted molar refractivity (Wildman–Crippen MR) is 31.7 cm³/mol. The monoisotopic (exact) mass is 122 g/mol. The summed E-state index contributed by atoms with van der Waals surface area (Å²) in [5, 5.41) is 0. The summed E-state index contributed by atoms with van der Waals surface area (Å²) in [5.41, 5.74) is 1.24. The Morgan fingerprint density at radius 3 is 3.44 bits per heavy atom. The fourth-order valence-electron chi connectivity index (χ4n) is 0.642. The summed E-state index contributed by atoms with van der Waals surface area (Å²) in [6.07, 6.45) is 3.12. The van der Waals surface area contributed by atoms with Crippen LogP contribution in [-0.2, 0) is 0 Å². The molecule has 0 aliphatic rings. The minimum atomic E-state index is 0.121. The van der Waals surface area contributed by atoms with Crippen molar-refractivity contribution < 1.29 is 1.37 Å². The van der Waals surface area contributed by atoms with E-state index in [-0.39, 0.29) is 6.30 Å². The highest BCUT2D eigenvalue weighted by atomic mass is 15.0. The fourth-order valence-corrected chi connectivity index (χ4v) is 0.642. The third kappa shape index (κ3) is 0.561. The van der Waals surface area contributed by atoms with Crippen LogP contribution in [0.3, 0.4) is 0 Å². The molecule has 9 heavy (non-hydrogen) atoms. The number of nitrogens with zero attached hydrogens (tertiary/aromatic N) is 3. The van der Waals surface area contributed by atoms with Gasteiger partial charge in [0.2, 0.25) is 0 Å². The smallest absolute Gasteiger partial charge is 0.180 e. The minimum Gasteiger partial charge on any atom is -0.342 e. The van der Waals surface area contributed by atoms with Crippen LogP contribution in [0.25, 0.3) is 11.2 Å². The molecule has 2 rings (SSSR count). The topological polar surface area (TPSA) is 54.5 Å². The van der Waals surface area contributed by atoms with Crippen LogP contribution in [-0.4, -0.2) is 19.9 Å². The van der Waals surface area contributed by atoms with Crippen molar-refractivity contribution in [1.29, 1.82) is 0 Å². The van der Waals surface area contributed by atoms with Gasteiger partial charge in [0, 0.05) is 0 Å². The van der Waals surface area contributed by atoms with Gasteiger partial charge >= 0.3 is 0 Å². The van der Waals surface area contributed by atoms with Gasteiger partial charge in [-0.1, -0.05) is 0 Å². The van der Waals surface area contributed by atoms with Crippen molar-refractivity contribution in [3.05, 3.63) is 18.8 Å². The second-order valence-electron chi connectivity index (χ2n) is 1.61. The fraction of sp³-hybridized carbons (Fsp3) is 0. The van der Waals surface area contributed by atoms with Crippen LogP contribution < -0.4 is 0 Å². The molecule has 0 aliphatic carbocycles. The number of nitrogens with one attached hydrogen (secondary N) is 1. The lowest BCUT2D eigenvalue weighted by atomic mass is 10.6. The van der Waals surface area contributed by atoms with Crippen molar-refractivity contribution in [3.63, 3.8) is 0 Å². The lowest BCUT2D eigenvalue weighted by molar-refractivity contribution is 1.20. The summed E-state index contributed by atoms with van der Waals surface area (Å²) in [7, 11) is 0. The largest absolute Gasteiger partial charge is 0.342 e. The molecule has 2 aromatic heterocycles. The third-order valence-corrected chi connectivity index (χ3v) is 1.04. The van der Waals surface area contributed by atoms with Crippen molar-refractivity contribution in [2.45, 2.75) is 0 Å². The number of rotatable bonds is 0. The SMILES string of the molecule is [3H]c1nc2ncncc2[nH]1. The molecule has 0 saturated heterocycles. The summed E-state index contributed by atoms with van der Waals surface area (Å²) in [4.78, 5) is 14.1. The Morgan fingerprint density at radius 1 is 1.56 bits per heavy atom. The maximum atomic E-state index is 7.09. The highest BCUT2D eigenvalue weighted by Gasteiger charge is 1.91. The number of aromatic amines is 1. The van der Waals surface area contributed by atoms with E-state index in [2.05, 4.69) is 19.9 Å². The van der Waals surface area contributed by atoms with Crippen molar-refractivity contribution in [1.82, 2.24) is 19.9 Å². The molecule has 0 atom stereocenters. The van der Waals surface area contributed by atoms with Crippen LogP contribution >= 0.6 is 0 Å². The molecule has 0 amide bonds. The molecule has 4 heteroatoms. The van der Waals surface area contributed by atoms with E-state index in [9.17, 15) is 0 Å². The Kier molecular flexibility index (Phi) is 0.597. The van der Waals surface area contributed by atoms with Gasteiger partial charge in [0.05, 0.1) is 12.5 Å². The molecular formula is C5H4N4. The Balaban J connectivity index is 2.88. The average Bonchev–Trinajstić information content (AvgIpc) is 2.27. The number of fused-ring (bicyclic) bond motifs is 1. The Labute approximate surface area is 52.4 Å². The maximum absolute atomic E-state index is 7.09. The van der Waals surface area contributed by atoms with Gasteiger partial charge in [0.15, 0.2) is 5.65 Å². The molecule has 0 saturated carbocycles. The highest BCUT2D eigenvalue weighted by molar-refractivity contribution is 5.67. The van der Waals surface area contributed by atoms with Crippen molar-refractivity contribution in [2.75, 3.05) is 0 Å². The van der Waals surface area contributed by atoms with Crippen LogP contribution in [0.1, 0.15) is 1.37 Å². The lowest BCUT2D eigenvalue weighted by Gasteiger charge is -1.80. The normalized spacial score (nSPS) is 11.8. The van der Waals surface area contributed by atoms with Gasteiger partial charge in [0.25, 0.3) is 0 Å². The summed E-state index contributed by atoms with van der Waals surface area (Å²) < 4.78 is 7.09. The minimum absolute atomic E-state index is 0.121. The number of aromatic nitrogens is 4. The number of imidazole rings is 1. The van der Waals surface area contributed by atoms with Gasteiger partial charge in [-0.15, -0.1) is 0 Å². The molecule has 1 N–H and O–H groups in total. The van der Waals surface area contributed by atoms with E-state index < -0.39 is 0 Å². The van der Waals surface area contributed by atoms with Gasteiger partial charge < -0.3 is 4.98 Å². The molecule has 0 aliphatic heterocycles. The zero-order chi connectivity index (χ0) is 6.97. The Morgan fingerprint density at radius 2 is 2.56 bits per heavy atom. The summed E-state index contributed by atoms with van der Waals surface area (Å²) in [6.45, 7) is 0.